The van der Waals surface area contributed by atoms with Crippen LogP contribution in [0.15, 0.2) is 59.5 Å². The summed E-state index contributed by atoms with van der Waals surface area (Å²) in [5, 5.41) is 9.40. The Kier molecular flexibility index (Phi) is 8.22. The molecule has 0 bridgehead atoms. The largest absolute Gasteiger partial charge is 0.494 e. The fraction of sp³-hybridized carbons (Fsp3) is 0.455. The second-order valence-corrected chi connectivity index (χ2v) is 9.31. The van der Waals surface area contributed by atoms with Gasteiger partial charge in [0.25, 0.3) is 0 Å². The quantitative estimate of drug-likeness (QED) is 0.544. The molecule has 0 saturated carbocycles. The van der Waals surface area contributed by atoms with Crippen molar-refractivity contribution in [1.29, 1.82) is 0 Å². The minimum Gasteiger partial charge on any atom is -0.494 e. The van der Waals surface area contributed by atoms with Gasteiger partial charge >= 0.3 is 0 Å². The summed E-state index contributed by atoms with van der Waals surface area (Å²) in [5.41, 5.74) is 6.24. The number of hydrogen-bond acceptors (Lipinski definition) is 5. The SMILES string of the molecule is CCOc1ccc(S(=O)(=O)N(CC(C)C)C(N)(CCCO)c2ccccc2)cc1. The average molecular weight is 421 g/mol. The number of sulfonamides is 1. The first-order valence-electron chi connectivity index (χ1n) is 9.96. The molecule has 0 saturated heterocycles. The average Bonchev–Trinajstić information content (AvgIpc) is 2.71. The molecule has 6 nitrogen and oxygen atoms in total. The molecule has 160 valence electrons. The minimum absolute atomic E-state index is 0.0632. The Labute approximate surface area is 174 Å². The van der Waals surface area contributed by atoms with Gasteiger partial charge in [0.1, 0.15) is 11.4 Å². The van der Waals surface area contributed by atoms with Crippen LogP contribution in [0.5, 0.6) is 5.75 Å². The van der Waals surface area contributed by atoms with Crippen molar-refractivity contribution in [1.82, 2.24) is 4.31 Å². The van der Waals surface area contributed by atoms with Crippen molar-refractivity contribution in [2.24, 2.45) is 11.7 Å². The van der Waals surface area contributed by atoms with E-state index in [0.717, 1.165) is 0 Å². The van der Waals surface area contributed by atoms with Gasteiger partial charge in [0.05, 0.1) is 11.5 Å². The maximum absolute atomic E-state index is 13.7. The van der Waals surface area contributed by atoms with Gasteiger partial charge in [-0.2, -0.15) is 4.31 Å². The first-order valence-corrected chi connectivity index (χ1v) is 11.4. The Bertz CT molecular complexity index is 854. The van der Waals surface area contributed by atoms with E-state index < -0.39 is 15.7 Å². The molecule has 1 atom stereocenters. The van der Waals surface area contributed by atoms with Gasteiger partial charge < -0.3 is 15.6 Å². The molecule has 1 unspecified atom stereocenters. The van der Waals surface area contributed by atoms with Gasteiger partial charge in [0.2, 0.25) is 10.0 Å². The van der Waals surface area contributed by atoms with Gasteiger partial charge in [-0.3, -0.25) is 0 Å². The molecule has 0 aromatic heterocycles. The summed E-state index contributed by atoms with van der Waals surface area (Å²) >= 11 is 0. The van der Waals surface area contributed by atoms with Crippen LogP contribution in [0.4, 0.5) is 0 Å². The molecule has 0 aliphatic carbocycles. The lowest BCUT2D eigenvalue weighted by atomic mass is 9.94. The van der Waals surface area contributed by atoms with Gasteiger partial charge in [-0.25, -0.2) is 8.42 Å². The molecule has 0 aliphatic rings. The van der Waals surface area contributed by atoms with E-state index in [1.807, 2.05) is 51.1 Å². The van der Waals surface area contributed by atoms with E-state index >= 15 is 0 Å². The smallest absolute Gasteiger partial charge is 0.244 e. The number of aliphatic hydroxyl groups excluding tert-OH is 1. The summed E-state index contributed by atoms with van der Waals surface area (Å²) < 4.78 is 34.1. The van der Waals surface area contributed by atoms with Crippen molar-refractivity contribution >= 4 is 10.0 Å². The van der Waals surface area contributed by atoms with Gasteiger partial charge in [0.15, 0.2) is 0 Å². The zero-order valence-corrected chi connectivity index (χ0v) is 18.2. The molecule has 0 fully saturated rings. The van der Waals surface area contributed by atoms with Gasteiger partial charge in [-0.1, -0.05) is 44.2 Å². The van der Waals surface area contributed by atoms with E-state index in [9.17, 15) is 13.5 Å². The second kappa shape index (κ2) is 10.2. The number of ether oxygens (including phenoxy) is 1. The molecule has 0 spiro atoms. The molecule has 29 heavy (non-hydrogen) atoms. The second-order valence-electron chi connectivity index (χ2n) is 7.45. The Morgan fingerprint density at radius 2 is 1.72 bits per heavy atom. The predicted molar refractivity (Wildman–Crippen MR) is 115 cm³/mol. The van der Waals surface area contributed by atoms with E-state index in [1.165, 1.54) is 4.31 Å². The van der Waals surface area contributed by atoms with Crippen LogP contribution >= 0.6 is 0 Å². The summed E-state index contributed by atoms with van der Waals surface area (Å²) in [7, 11) is -3.89. The summed E-state index contributed by atoms with van der Waals surface area (Å²) in [6.07, 6.45) is 0.690. The molecule has 2 rings (SSSR count). The fourth-order valence-electron chi connectivity index (χ4n) is 3.30. The maximum atomic E-state index is 13.7. The van der Waals surface area contributed by atoms with E-state index in [2.05, 4.69) is 0 Å². The normalized spacial score (nSPS) is 14.2. The summed E-state index contributed by atoms with van der Waals surface area (Å²) in [5.74, 6) is 0.678. The van der Waals surface area contributed by atoms with Crippen molar-refractivity contribution in [3.63, 3.8) is 0 Å². The molecule has 0 amide bonds. The van der Waals surface area contributed by atoms with Crippen LogP contribution in [-0.4, -0.2) is 37.6 Å². The lowest BCUT2D eigenvalue weighted by Crippen LogP contribution is -2.56. The molecular weight excluding hydrogens is 388 g/mol. The Balaban J connectivity index is 2.56. The van der Waals surface area contributed by atoms with Gasteiger partial charge in [0, 0.05) is 13.2 Å². The van der Waals surface area contributed by atoms with Crippen molar-refractivity contribution in [2.45, 2.75) is 44.2 Å². The van der Waals surface area contributed by atoms with E-state index in [4.69, 9.17) is 10.5 Å². The van der Waals surface area contributed by atoms with Crippen LogP contribution < -0.4 is 10.5 Å². The number of nitrogens with zero attached hydrogens (tertiary/aromatic N) is 1. The molecule has 0 heterocycles. The van der Waals surface area contributed by atoms with Crippen LogP contribution in [0.1, 0.15) is 39.2 Å². The number of hydrogen-bond donors (Lipinski definition) is 2. The molecule has 2 aromatic carbocycles. The minimum atomic E-state index is -3.89. The number of rotatable bonds is 11. The molecule has 0 radical (unpaired) electrons. The first kappa shape index (κ1) is 23.3. The third-order valence-corrected chi connectivity index (χ3v) is 6.61. The molecule has 7 heteroatoms. The topological polar surface area (TPSA) is 92.9 Å². The summed E-state index contributed by atoms with van der Waals surface area (Å²) in [4.78, 5) is 0.163. The Hall–Kier alpha value is -1.93. The molecule has 2 aromatic rings. The third kappa shape index (κ3) is 5.57. The highest BCUT2D eigenvalue weighted by Crippen LogP contribution is 2.34. The predicted octanol–water partition coefficient (Wildman–Crippen LogP) is 3.32. The van der Waals surface area contributed by atoms with Crippen molar-refractivity contribution in [3.05, 3.63) is 60.2 Å². The van der Waals surface area contributed by atoms with Crippen molar-refractivity contribution in [3.8, 4) is 5.75 Å². The van der Waals surface area contributed by atoms with Crippen LogP contribution in [0.25, 0.3) is 0 Å². The highest BCUT2D eigenvalue weighted by atomic mass is 32.2. The van der Waals surface area contributed by atoms with E-state index in [-0.39, 0.29) is 24.0 Å². The highest BCUT2D eigenvalue weighted by molar-refractivity contribution is 7.89. The number of aliphatic hydroxyl groups is 1. The zero-order chi connectivity index (χ0) is 21.5. The van der Waals surface area contributed by atoms with Crippen LogP contribution in [0, 0.1) is 5.92 Å². The Morgan fingerprint density at radius 3 is 2.24 bits per heavy atom. The molecular formula is C22H32N2O4S. The number of nitrogens with two attached hydrogens (primary N) is 1. The first-order chi connectivity index (χ1) is 13.8. The standard InChI is InChI=1S/C22H32N2O4S/c1-4-28-20-11-13-21(14-12-20)29(26,27)24(17-18(2)3)22(23,15-8-16-25)19-9-6-5-7-10-19/h5-7,9-14,18,25H,4,8,15-17,23H2,1-3H3. The zero-order valence-electron chi connectivity index (χ0n) is 17.4. The lowest BCUT2D eigenvalue weighted by Gasteiger charge is -2.41. The summed E-state index contributed by atoms with van der Waals surface area (Å²) in [6.45, 7) is 6.48. The van der Waals surface area contributed by atoms with Crippen LogP contribution in [-0.2, 0) is 15.7 Å². The molecule has 0 aliphatic heterocycles. The number of benzene rings is 2. The van der Waals surface area contributed by atoms with Crippen LogP contribution in [0.3, 0.4) is 0 Å². The monoisotopic (exact) mass is 420 g/mol. The lowest BCUT2D eigenvalue weighted by molar-refractivity contribution is 0.146. The van der Waals surface area contributed by atoms with E-state index in [0.29, 0.717) is 30.8 Å². The highest BCUT2D eigenvalue weighted by Gasteiger charge is 2.42. The van der Waals surface area contributed by atoms with Crippen molar-refractivity contribution in [2.75, 3.05) is 19.8 Å². The fourth-order valence-corrected chi connectivity index (χ4v) is 5.15. The van der Waals surface area contributed by atoms with Crippen LogP contribution in [0.2, 0.25) is 0 Å². The van der Waals surface area contributed by atoms with Crippen molar-refractivity contribution < 1.29 is 18.3 Å². The summed E-state index contributed by atoms with van der Waals surface area (Å²) in [6, 6.07) is 15.6. The third-order valence-electron chi connectivity index (χ3n) is 4.69. The van der Waals surface area contributed by atoms with E-state index in [1.54, 1.807) is 24.3 Å². The maximum Gasteiger partial charge on any atom is 0.244 e. The molecule has 3 N–H and O–H groups in total. The Morgan fingerprint density at radius 1 is 1.10 bits per heavy atom. The van der Waals surface area contributed by atoms with Gasteiger partial charge in [-0.15, -0.1) is 0 Å². The van der Waals surface area contributed by atoms with Gasteiger partial charge in [-0.05, 0) is 55.5 Å².